The van der Waals surface area contributed by atoms with Crippen LogP contribution in [-0.4, -0.2) is 39.5 Å². The molecular formula is C21H21N3O3. The zero-order valence-electron chi connectivity index (χ0n) is 14.9. The number of aliphatic hydroxyl groups excluding tert-OH is 1. The standard InChI is InChI=1S/C21H21N3O3/c25-12-14-2-4-15-17(11-23-20(15)24-14)13-1-3-16-18(26)10-21(27-19(16)9-13)5-7-22-8-6-21/h1-4,9,11,22,25H,5-8,10,12H2,(H,23,24). The summed E-state index contributed by atoms with van der Waals surface area (Å²) in [7, 11) is 0. The van der Waals surface area contributed by atoms with Crippen molar-refractivity contribution in [1.29, 1.82) is 0 Å². The van der Waals surface area contributed by atoms with Crippen molar-refractivity contribution in [2.45, 2.75) is 31.5 Å². The second-order valence-corrected chi connectivity index (χ2v) is 7.41. The van der Waals surface area contributed by atoms with E-state index in [1.165, 1.54) is 0 Å². The third-order valence-electron chi connectivity index (χ3n) is 5.68. The Hall–Kier alpha value is -2.70. The molecule has 3 aromatic rings. The second-order valence-electron chi connectivity index (χ2n) is 7.41. The average molecular weight is 363 g/mol. The van der Waals surface area contributed by atoms with E-state index in [2.05, 4.69) is 15.3 Å². The van der Waals surface area contributed by atoms with E-state index < -0.39 is 0 Å². The Kier molecular flexibility index (Phi) is 3.77. The second kappa shape index (κ2) is 6.18. The number of hydrogen-bond donors (Lipinski definition) is 3. The molecule has 138 valence electrons. The van der Waals surface area contributed by atoms with Crippen LogP contribution in [0.15, 0.2) is 36.5 Å². The number of aliphatic hydroxyl groups is 1. The number of benzene rings is 1. The van der Waals surface area contributed by atoms with Crippen LogP contribution in [0.3, 0.4) is 0 Å². The number of Topliss-reactive ketones (excluding diaryl/α,β-unsaturated/α-hetero) is 1. The summed E-state index contributed by atoms with van der Waals surface area (Å²) in [6, 6.07) is 9.58. The number of carbonyl (C=O) groups excluding carboxylic acids is 1. The van der Waals surface area contributed by atoms with Crippen LogP contribution >= 0.6 is 0 Å². The van der Waals surface area contributed by atoms with Gasteiger partial charge < -0.3 is 20.1 Å². The van der Waals surface area contributed by atoms with Gasteiger partial charge in [0.1, 0.15) is 17.0 Å². The maximum Gasteiger partial charge on any atom is 0.170 e. The third kappa shape index (κ3) is 2.72. The van der Waals surface area contributed by atoms with Crippen molar-refractivity contribution in [2.24, 2.45) is 0 Å². The van der Waals surface area contributed by atoms with E-state index >= 15 is 0 Å². The Bertz CT molecular complexity index is 1030. The van der Waals surface area contributed by atoms with E-state index in [0.717, 1.165) is 48.1 Å². The number of rotatable bonds is 2. The highest BCUT2D eigenvalue weighted by atomic mass is 16.5. The summed E-state index contributed by atoms with van der Waals surface area (Å²) in [6.07, 6.45) is 4.07. The molecule has 0 atom stereocenters. The molecule has 0 amide bonds. The molecule has 1 spiro atoms. The third-order valence-corrected chi connectivity index (χ3v) is 5.68. The fourth-order valence-electron chi connectivity index (χ4n) is 4.20. The van der Waals surface area contributed by atoms with E-state index in [-0.39, 0.29) is 18.0 Å². The molecule has 0 aliphatic carbocycles. The SMILES string of the molecule is O=C1CC2(CCNCC2)Oc2cc(-c3c[nH]c4nc(CO)ccc34)ccc21. The molecule has 1 saturated heterocycles. The van der Waals surface area contributed by atoms with Crippen LogP contribution in [0.5, 0.6) is 5.75 Å². The van der Waals surface area contributed by atoms with Crippen LogP contribution in [0.2, 0.25) is 0 Å². The average Bonchev–Trinajstić information content (AvgIpc) is 3.11. The van der Waals surface area contributed by atoms with Gasteiger partial charge in [-0.1, -0.05) is 6.07 Å². The molecule has 1 aromatic carbocycles. The van der Waals surface area contributed by atoms with Gasteiger partial charge in [0.25, 0.3) is 0 Å². The molecule has 4 heterocycles. The number of H-pyrrole nitrogens is 1. The highest BCUT2D eigenvalue weighted by Crippen LogP contribution is 2.40. The van der Waals surface area contributed by atoms with Gasteiger partial charge in [0, 0.05) is 30.0 Å². The Morgan fingerprint density at radius 1 is 1.15 bits per heavy atom. The van der Waals surface area contributed by atoms with Gasteiger partial charge in [0.2, 0.25) is 0 Å². The van der Waals surface area contributed by atoms with Crippen LogP contribution in [0, 0.1) is 0 Å². The summed E-state index contributed by atoms with van der Waals surface area (Å²) in [5.41, 5.74) is 3.65. The highest BCUT2D eigenvalue weighted by molar-refractivity contribution is 6.02. The molecule has 27 heavy (non-hydrogen) atoms. The minimum atomic E-state index is -0.369. The smallest absolute Gasteiger partial charge is 0.170 e. The van der Waals surface area contributed by atoms with Gasteiger partial charge >= 0.3 is 0 Å². The molecule has 0 unspecified atom stereocenters. The Balaban J connectivity index is 1.56. The molecule has 5 rings (SSSR count). The maximum absolute atomic E-state index is 12.7. The molecular weight excluding hydrogens is 342 g/mol. The lowest BCUT2D eigenvalue weighted by molar-refractivity contribution is 0.0188. The van der Waals surface area contributed by atoms with Crippen molar-refractivity contribution in [3.8, 4) is 16.9 Å². The number of pyridine rings is 1. The summed E-state index contributed by atoms with van der Waals surface area (Å²) >= 11 is 0. The van der Waals surface area contributed by atoms with Gasteiger partial charge in [-0.15, -0.1) is 0 Å². The summed E-state index contributed by atoms with van der Waals surface area (Å²) in [4.78, 5) is 20.3. The summed E-state index contributed by atoms with van der Waals surface area (Å²) in [6.45, 7) is 1.67. The van der Waals surface area contributed by atoms with Gasteiger partial charge in [-0.05, 0) is 42.9 Å². The zero-order valence-corrected chi connectivity index (χ0v) is 14.9. The van der Waals surface area contributed by atoms with Crippen LogP contribution in [0.1, 0.15) is 35.3 Å². The number of piperidine rings is 1. The first-order chi connectivity index (χ1) is 13.2. The van der Waals surface area contributed by atoms with E-state index in [1.54, 1.807) is 0 Å². The number of nitrogens with zero attached hydrogens (tertiary/aromatic N) is 1. The molecule has 0 radical (unpaired) electrons. The molecule has 1 fully saturated rings. The van der Waals surface area contributed by atoms with Crippen LogP contribution in [-0.2, 0) is 6.61 Å². The van der Waals surface area contributed by atoms with Crippen molar-refractivity contribution in [3.63, 3.8) is 0 Å². The predicted octanol–water partition coefficient (Wildman–Crippen LogP) is 2.81. The molecule has 2 aliphatic heterocycles. The number of aromatic amines is 1. The van der Waals surface area contributed by atoms with Gasteiger partial charge in [0.15, 0.2) is 5.78 Å². The first-order valence-electron chi connectivity index (χ1n) is 9.33. The van der Waals surface area contributed by atoms with E-state index in [4.69, 9.17) is 4.74 Å². The molecule has 6 nitrogen and oxygen atoms in total. The Morgan fingerprint density at radius 3 is 2.81 bits per heavy atom. The predicted molar refractivity (Wildman–Crippen MR) is 102 cm³/mol. The molecule has 3 N–H and O–H groups in total. The number of carbonyl (C=O) groups is 1. The normalized spacial score (nSPS) is 18.5. The minimum Gasteiger partial charge on any atom is -0.486 e. The molecule has 2 aliphatic rings. The van der Waals surface area contributed by atoms with Gasteiger partial charge in [-0.2, -0.15) is 0 Å². The summed E-state index contributed by atoms with van der Waals surface area (Å²) in [5.74, 6) is 0.845. The topological polar surface area (TPSA) is 87.2 Å². The van der Waals surface area contributed by atoms with Crippen molar-refractivity contribution in [2.75, 3.05) is 13.1 Å². The molecule has 6 heteroatoms. The van der Waals surface area contributed by atoms with Crippen molar-refractivity contribution in [1.82, 2.24) is 15.3 Å². The number of fused-ring (bicyclic) bond motifs is 2. The lowest BCUT2D eigenvalue weighted by atomic mass is 9.82. The van der Waals surface area contributed by atoms with Crippen molar-refractivity contribution < 1.29 is 14.6 Å². The lowest BCUT2D eigenvalue weighted by Crippen LogP contribution is -2.49. The zero-order chi connectivity index (χ0) is 18.4. The maximum atomic E-state index is 12.7. The number of ether oxygens (including phenoxy) is 1. The fourth-order valence-corrected chi connectivity index (χ4v) is 4.20. The van der Waals surface area contributed by atoms with Gasteiger partial charge in [-0.3, -0.25) is 4.79 Å². The first-order valence-corrected chi connectivity index (χ1v) is 9.33. The largest absolute Gasteiger partial charge is 0.486 e. The molecule has 0 bridgehead atoms. The number of nitrogens with one attached hydrogen (secondary N) is 2. The van der Waals surface area contributed by atoms with Crippen molar-refractivity contribution in [3.05, 3.63) is 47.8 Å². The van der Waals surface area contributed by atoms with Gasteiger partial charge in [-0.25, -0.2) is 4.98 Å². The summed E-state index contributed by atoms with van der Waals surface area (Å²) in [5, 5.41) is 13.6. The van der Waals surface area contributed by atoms with Crippen molar-refractivity contribution >= 4 is 16.8 Å². The van der Waals surface area contributed by atoms with Crippen LogP contribution in [0.4, 0.5) is 0 Å². The molecule has 2 aromatic heterocycles. The lowest BCUT2D eigenvalue weighted by Gasteiger charge is -2.41. The first kappa shape index (κ1) is 16.5. The Labute approximate surface area is 156 Å². The highest BCUT2D eigenvalue weighted by Gasteiger charge is 2.41. The van der Waals surface area contributed by atoms with Crippen LogP contribution in [0.25, 0.3) is 22.2 Å². The summed E-state index contributed by atoms with van der Waals surface area (Å²) < 4.78 is 6.40. The van der Waals surface area contributed by atoms with Crippen LogP contribution < -0.4 is 10.1 Å². The number of hydrogen-bond acceptors (Lipinski definition) is 5. The monoisotopic (exact) mass is 363 g/mol. The van der Waals surface area contributed by atoms with E-state index in [9.17, 15) is 9.90 Å². The fraction of sp³-hybridized carbons (Fsp3) is 0.333. The Morgan fingerprint density at radius 2 is 2.00 bits per heavy atom. The minimum absolute atomic E-state index is 0.0873. The number of aromatic nitrogens is 2. The van der Waals surface area contributed by atoms with Gasteiger partial charge in [0.05, 0.1) is 24.3 Å². The van der Waals surface area contributed by atoms with E-state index in [0.29, 0.717) is 23.4 Å². The quantitative estimate of drug-likeness (QED) is 0.652. The number of ketones is 1. The molecule has 0 saturated carbocycles. The van der Waals surface area contributed by atoms with E-state index in [1.807, 2.05) is 36.5 Å².